The number of rotatable bonds is 4. The fourth-order valence-electron chi connectivity index (χ4n) is 2.03. The molecule has 0 aromatic carbocycles. The molecule has 0 aromatic rings. The molecule has 3 heteroatoms. The smallest absolute Gasteiger partial charge is 0.0628 e. The van der Waals surface area contributed by atoms with E-state index in [1.807, 2.05) is 0 Å². The Labute approximate surface area is 93.7 Å². The molecule has 0 bridgehead atoms. The van der Waals surface area contributed by atoms with E-state index in [1.165, 1.54) is 12.8 Å². The van der Waals surface area contributed by atoms with Crippen LogP contribution in [-0.2, 0) is 9.47 Å². The third-order valence-corrected chi connectivity index (χ3v) is 3.05. The molecule has 1 aliphatic heterocycles. The molecule has 1 rings (SSSR count). The first-order valence-corrected chi connectivity index (χ1v) is 5.79. The molecular formula is C12H25NO2. The molecule has 2 unspecified atom stereocenters. The molecule has 2 atom stereocenters. The molecular weight excluding hydrogens is 190 g/mol. The van der Waals surface area contributed by atoms with Crippen LogP contribution >= 0.6 is 0 Å². The number of hydrogen-bond donors (Lipinski definition) is 0. The van der Waals surface area contributed by atoms with E-state index in [1.54, 1.807) is 7.11 Å². The van der Waals surface area contributed by atoms with Crippen molar-refractivity contribution in [1.29, 1.82) is 0 Å². The van der Waals surface area contributed by atoms with Gasteiger partial charge in [0.2, 0.25) is 0 Å². The van der Waals surface area contributed by atoms with Crippen LogP contribution in [-0.4, -0.2) is 50.0 Å². The molecule has 0 radical (unpaired) electrons. The van der Waals surface area contributed by atoms with Crippen molar-refractivity contribution in [1.82, 2.24) is 4.90 Å². The van der Waals surface area contributed by atoms with Gasteiger partial charge in [-0.1, -0.05) is 0 Å². The minimum atomic E-state index is -0.0276. The Morgan fingerprint density at radius 2 is 1.67 bits per heavy atom. The number of likely N-dealkylation sites (N-methyl/N-ethyl adjacent to an activating group) is 1. The van der Waals surface area contributed by atoms with E-state index >= 15 is 0 Å². The lowest BCUT2D eigenvalue weighted by molar-refractivity contribution is -0.0306. The van der Waals surface area contributed by atoms with Gasteiger partial charge in [0, 0.05) is 19.2 Å². The zero-order chi connectivity index (χ0) is 11.5. The highest BCUT2D eigenvalue weighted by Gasteiger charge is 2.31. The number of nitrogens with zero attached hydrogens (tertiary/aromatic N) is 1. The van der Waals surface area contributed by atoms with E-state index in [2.05, 4.69) is 32.7 Å². The predicted molar refractivity (Wildman–Crippen MR) is 62.2 cm³/mol. The van der Waals surface area contributed by atoms with Crippen LogP contribution in [0.3, 0.4) is 0 Å². The fourth-order valence-corrected chi connectivity index (χ4v) is 2.03. The predicted octanol–water partition coefficient (Wildman–Crippen LogP) is 1.91. The summed E-state index contributed by atoms with van der Waals surface area (Å²) in [5.41, 5.74) is -0.0276. The van der Waals surface area contributed by atoms with E-state index in [0.29, 0.717) is 12.1 Å². The summed E-state index contributed by atoms with van der Waals surface area (Å²) in [5.74, 6) is 0. The van der Waals surface area contributed by atoms with Crippen LogP contribution in [0.5, 0.6) is 0 Å². The van der Waals surface area contributed by atoms with Gasteiger partial charge in [0.25, 0.3) is 0 Å². The third kappa shape index (κ3) is 4.09. The lowest BCUT2D eigenvalue weighted by atomic mass is 10.2. The molecule has 0 amide bonds. The molecule has 1 saturated heterocycles. The van der Waals surface area contributed by atoms with Gasteiger partial charge in [0.1, 0.15) is 0 Å². The third-order valence-electron chi connectivity index (χ3n) is 3.05. The lowest BCUT2D eigenvalue weighted by Crippen LogP contribution is -2.39. The topological polar surface area (TPSA) is 21.7 Å². The summed E-state index contributed by atoms with van der Waals surface area (Å²) in [4.78, 5) is 2.40. The first-order valence-electron chi connectivity index (χ1n) is 5.79. The van der Waals surface area contributed by atoms with Crippen molar-refractivity contribution >= 4 is 0 Å². The molecule has 1 aliphatic rings. The summed E-state index contributed by atoms with van der Waals surface area (Å²) in [6, 6.07) is 1.13. The Bertz CT molecular complexity index is 189. The quantitative estimate of drug-likeness (QED) is 0.715. The minimum absolute atomic E-state index is 0.0276. The van der Waals surface area contributed by atoms with Gasteiger partial charge in [-0.05, 0) is 40.7 Å². The Kier molecular flexibility index (Phi) is 4.56. The van der Waals surface area contributed by atoms with Crippen LogP contribution in [0.4, 0.5) is 0 Å². The molecule has 3 nitrogen and oxygen atoms in total. The van der Waals surface area contributed by atoms with Crippen LogP contribution in [0.15, 0.2) is 0 Å². The van der Waals surface area contributed by atoms with Crippen molar-refractivity contribution < 1.29 is 9.47 Å². The number of methoxy groups -OCH3 is 1. The van der Waals surface area contributed by atoms with Crippen LogP contribution < -0.4 is 0 Å². The second kappa shape index (κ2) is 5.28. The normalized spacial score (nSPS) is 28.6. The van der Waals surface area contributed by atoms with Crippen LogP contribution in [0.2, 0.25) is 0 Å². The van der Waals surface area contributed by atoms with E-state index in [-0.39, 0.29) is 5.60 Å². The summed E-state index contributed by atoms with van der Waals surface area (Å²) < 4.78 is 11.0. The summed E-state index contributed by atoms with van der Waals surface area (Å²) in [7, 11) is 3.94. The van der Waals surface area contributed by atoms with Crippen LogP contribution in [0.25, 0.3) is 0 Å². The van der Waals surface area contributed by atoms with E-state index in [9.17, 15) is 0 Å². The monoisotopic (exact) mass is 215 g/mol. The van der Waals surface area contributed by atoms with Crippen molar-refractivity contribution in [3.63, 3.8) is 0 Å². The Morgan fingerprint density at radius 1 is 1.13 bits per heavy atom. The molecule has 0 N–H and O–H groups in total. The standard InChI is InChI=1S/C12H25NO2/c1-12(2,3)15-9-11-7-6-10(8-14-5)13(11)4/h10-11H,6-9H2,1-5H3. The molecule has 90 valence electrons. The average Bonchev–Trinajstić information content (AvgIpc) is 2.45. The average molecular weight is 215 g/mol. The van der Waals surface area contributed by atoms with Crippen LogP contribution in [0.1, 0.15) is 33.6 Å². The first kappa shape index (κ1) is 12.9. The molecule has 0 aromatic heterocycles. The van der Waals surface area contributed by atoms with E-state index in [0.717, 1.165) is 13.2 Å². The SMILES string of the molecule is COCC1CCC(COC(C)(C)C)N1C. The molecule has 1 fully saturated rings. The van der Waals surface area contributed by atoms with Crippen molar-refractivity contribution in [2.45, 2.75) is 51.3 Å². The van der Waals surface area contributed by atoms with Gasteiger partial charge in [-0.2, -0.15) is 0 Å². The molecule has 1 heterocycles. The van der Waals surface area contributed by atoms with Gasteiger partial charge in [-0.25, -0.2) is 0 Å². The molecule has 0 saturated carbocycles. The summed E-state index contributed by atoms with van der Waals surface area (Å²) in [5, 5.41) is 0. The maximum atomic E-state index is 5.83. The molecule has 15 heavy (non-hydrogen) atoms. The van der Waals surface area contributed by atoms with Gasteiger partial charge < -0.3 is 9.47 Å². The van der Waals surface area contributed by atoms with E-state index < -0.39 is 0 Å². The van der Waals surface area contributed by atoms with Gasteiger partial charge in [0.05, 0.1) is 18.8 Å². The van der Waals surface area contributed by atoms with Crippen molar-refractivity contribution in [3.05, 3.63) is 0 Å². The Morgan fingerprint density at radius 3 is 2.13 bits per heavy atom. The lowest BCUT2D eigenvalue weighted by Gasteiger charge is -2.28. The minimum Gasteiger partial charge on any atom is -0.383 e. The van der Waals surface area contributed by atoms with Crippen molar-refractivity contribution in [2.24, 2.45) is 0 Å². The second-order valence-electron chi connectivity index (χ2n) is 5.43. The first-order chi connectivity index (χ1) is 6.94. The zero-order valence-electron chi connectivity index (χ0n) is 10.7. The van der Waals surface area contributed by atoms with E-state index in [4.69, 9.17) is 9.47 Å². The van der Waals surface area contributed by atoms with Crippen molar-refractivity contribution in [3.8, 4) is 0 Å². The summed E-state index contributed by atoms with van der Waals surface area (Å²) in [6.45, 7) is 7.99. The van der Waals surface area contributed by atoms with Gasteiger partial charge >= 0.3 is 0 Å². The Balaban J connectivity index is 2.33. The van der Waals surface area contributed by atoms with Crippen LogP contribution in [0, 0.1) is 0 Å². The highest BCUT2D eigenvalue weighted by molar-refractivity contribution is 4.85. The number of hydrogen-bond acceptors (Lipinski definition) is 3. The van der Waals surface area contributed by atoms with Gasteiger partial charge in [0.15, 0.2) is 0 Å². The largest absolute Gasteiger partial charge is 0.383 e. The highest BCUT2D eigenvalue weighted by Crippen LogP contribution is 2.23. The van der Waals surface area contributed by atoms with Gasteiger partial charge in [-0.3, -0.25) is 4.90 Å². The number of likely N-dealkylation sites (tertiary alicyclic amines) is 1. The zero-order valence-corrected chi connectivity index (χ0v) is 10.7. The summed E-state index contributed by atoms with van der Waals surface area (Å²) in [6.07, 6.45) is 2.45. The highest BCUT2D eigenvalue weighted by atomic mass is 16.5. The van der Waals surface area contributed by atoms with Crippen molar-refractivity contribution in [2.75, 3.05) is 27.4 Å². The summed E-state index contributed by atoms with van der Waals surface area (Å²) >= 11 is 0. The fraction of sp³-hybridized carbons (Fsp3) is 1.00. The maximum Gasteiger partial charge on any atom is 0.0628 e. The second-order valence-corrected chi connectivity index (χ2v) is 5.43. The molecule has 0 aliphatic carbocycles. The van der Waals surface area contributed by atoms with Gasteiger partial charge in [-0.15, -0.1) is 0 Å². The number of ether oxygens (including phenoxy) is 2. The maximum absolute atomic E-state index is 5.83. The Hall–Kier alpha value is -0.120. The molecule has 0 spiro atoms.